The van der Waals surface area contributed by atoms with Crippen LogP contribution >= 0.6 is 12.6 Å². The van der Waals surface area contributed by atoms with Crippen molar-refractivity contribution in [1.29, 1.82) is 5.26 Å². The number of alkyl halides is 2. The van der Waals surface area contributed by atoms with Crippen LogP contribution in [0.3, 0.4) is 0 Å². The summed E-state index contributed by atoms with van der Waals surface area (Å²) in [7, 11) is 1.14. The van der Waals surface area contributed by atoms with Crippen LogP contribution in [0.25, 0.3) is 0 Å². The Morgan fingerprint density at radius 3 is 2.65 bits per heavy atom. The predicted molar refractivity (Wildman–Crippen MR) is 56.4 cm³/mol. The number of hydrogen-bond donors (Lipinski definition) is 1. The minimum atomic E-state index is -3.03. The molecule has 0 radical (unpaired) electrons. The van der Waals surface area contributed by atoms with E-state index in [2.05, 4.69) is 22.1 Å². The third-order valence-corrected chi connectivity index (χ3v) is 2.32. The molecule has 0 aliphatic carbocycles. The SMILES string of the molecule is COC(=O)c1ccc(OC(F)F)c(S)c1C#N. The molecule has 0 fully saturated rings. The molecule has 0 bridgehead atoms. The third-order valence-electron chi connectivity index (χ3n) is 1.87. The van der Waals surface area contributed by atoms with Crippen molar-refractivity contribution in [2.45, 2.75) is 11.5 Å². The molecule has 0 saturated heterocycles. The molecule has 0 spiro atoms. The van der Waals surface area contributed by atoms with Crippen LogP contribution in [-0.2, 0) is 4.74 Å². The number of rotatable bonds is 3. The maximum absolute atomic E-state index is 12.0. The van der Waals surface area contributed by atoms with Gasteiger partial charge in [-0.05, 0) is 12.1 Å². The van der Waals surface area contributed by atoms with E-state index in [0.29, 0.717) is 0 Å². The fourth-order valence-corrected chi connectivity index (χ4v) is 1.45. The predicted octanol–water partition coefficient (Wildman–Crippen LogP) is 2.23. The smallest absolute Gasteiger partial charge is 0.387 e. The highest BCUT2D eigenvalue weighted by atomic mass is 32.1. The lowest BCUT2D eigenvalue weighted by atomic mass is 10.1. The second kappa shape index (κ2) is 5.50. The standard InChI is InChI=1S/C10H7F2NO3S/c1-15-9(14)5-2-3-7(16-10(11)12)8(17)6(5)4-13/h2-3,10,17H,1H3. The molecule has 1 rings (SSSR count). The Balaban J connectivity index is 3.28. The van der Waals surface area contributed by atoms with Gasteiger partial charge in [0.2, 0.25) is 0 Å². The van der Waals surface area contributed by atoms with Gasteiger partial charge in [-0.1, -0.05) is 0 Å². The van der Waals surface area contributed by atoms with Crippen molar-refractivity contribution in [1.82, 2.24) is 0 Å². The van der Waals surface area contributed by atoms with Gasteiger partial charge in [0.15, 0.2) is 0 Å². The van der Waals surface area contributed by atoms with Gasteiger partial charge in [0.1, 0.15) is 11.8 Å². The normalized spacial score (nSPS) is 9.88. The molecule has 0 unspecified atom stereocenters. The van der Waals surface area contributed by atoms with Gasteiger partial charge in [0.25, 0.3) is 0 Å². The van der Waals surface area contributed by atoms with Gasteiger partial charge in [-0.3, -0.25) is 0 Å². The Hall–Kier alpha value is -1.81. The molecule has 90 valence electrons. The van der Waals surface area contributed by atoms with E-state index in [4.69, 9.17) is 5.26 Å². The Morgan fingerprint density at radius 2 is 2.18 bits per heavy atom. The number of esters is 1. The highest BCUT2D eigenvalue weighted by Gasteiger charge is 2.19. The van der Waals surface area contributed by atoms with Gasteiger partial charge >= 0.3 is 12.6 Å². The van der Waals surface area contributed by atoms with Gasteiger partial charge in [0.05, 0.1) is 23.1 Å². The first-order valence-corrected chi connectivity index (χ1v) is 4.75. The molecule has 0 saturated carbocycles. The molecule has 0 amide bonds. The fraction of sp³-hybridized carbons (Fsp3) is 0.200. The molecular weight excluding hydrogens is 252 g/mol. The van der Waals surface area contributed by atoms with Crippen LogP contribution in [-0.4, -0.2) is 19.7 Å². The van der Waals surface area contributed by atoms with E-state index in [1.165, 1.54) is 6.07 Å². The summed E-state index contributed by atoms with van der Waals surface area (Å²) in [5.74, 6) is -1.02. The van der Waals surface area contributed by atoms with Crippen molar-refractivity contribution >= 4 is 18.6 Å². The first-order valence-electron chi connectivity index (χ1n) is 4.30. The first-order chi connectivity index (χ1) is 8.01. The highest BCUT2D eigenvalue weighted by molar-refractivity contribution is 7.80. The van der Waals surface area contributed by atoms with Gasteiger partial charge in [-0.15, -0.1) is 12.6 Å². The third kappa shape index (κ3) is 2.85. The number of benzene rings is 1. The van der Waals surface area contributed by atoms with Crippen molar-refractivity contribution < 1.29 is 23.0 Å². The molecule has 0 aliphatic heterocycles. The van der Waals surface area contributed by atoms with Crippen LogP contribution in [0, 0.1) is 11.3 Å². The monoisotopic (exact) mass is 259 g/mol. The van der Waals surface area contributed by atoms with Crippen molar-refractivity contribution in [3.05, 3.63) is 23.3 Å². The molecule has 1 aromatic rings. The average molecular weight is 259 g/mol. The summed E-state index contributed by atoms with van der Waals surface area (Å²) >= 11 is 3.88. The van der Waals surface area contributed by atoms with Gasteiger partial charge in [-0.2, -0.15) is 14.0 Å². The Bertz CT molecular complexity index is 485. The van der Waals surface area contributed by atoms with Gasteiger partial charge in [0, 0.05) is 0 Å². The Kier molecular flexibility index (Phi) is 4.29. The van der Waals surface area contributed by atoms with E-state index in [1.54, 1.807) is 6.07 Å². The maximum atomic E-state index is 12.0. The molecule has 4 nitrogen and oxygen atoms in total. The van der Waals surface area contributed by atoms with Crippen molar-refractivity contribution in [2.75, 3.05) is 7.11 Å². The highest BCUT2D eigenvalue weighted by Crippen LogP contribution is 2.30. The molecule has 0 aliphatic rings. The van der Waals surface area contributed by atoms with Crippen molar-refractivity contribution in [2.24, 2.45) is 0 Å². The van der Waals surface area contributed by atoms with Gasteiger partial charge < -0.3 is 9.47 Å². The lowest BCUT2D eigenvalue weighted by Crippen LogP contribution is -2.08. The summed E-state index contributed by atoms with van der Waals surface area (Å²) in [4.78, 5) is 11.2. The fourth-order valence-electron chi connectivity index (χ4n) is 1.16. The second-order valence-electron chi connectivity index (χ2n) is 2.82. The molecule has 0 N–H and O–H groups in total. The van der Waals surface area contributed by atoms with E-state index >= 15 is 0 Å². The minimum absolute atomic E-state index is 0.0541. The first kappa shape index (κ1) is 13.3. The molecule has 7 heteroatoms. The van der Waals surface area contributed by atoms with Crippen LogP contribution in [0.5, 0.6) is 5.75 Å². The van der Waals surface area contributed by atoms with Gasteiger partial charge in [-0.25, -0.2) is 4.79 Å². The van der Waals surface area contributed by atoms with Crippen molar-refractivity contribution in [3.8, 4) is 11.8 Å². The number of halogens is 2. The summed E-state index contributed by atoms with van der Waals surface area (Å²) in [5, 5.41) is 8.85. The summed E-state index contributed by atoms with van der Waals surface area (Å²) in [6.07, 6.45) is 0. The molecule has 0 atom stereocenters. The Labute approximate surface area is 101 Å². The maximum Gasteiger partial charge on any atom is 0.387 e. The van der Waals surface area contributed by atoms with Crippen LogP contribution in [0.15, 0.2) is 17.0 Å². The van der Waals surface area contributed by atoms with Crippen LogP contribution in [0.4, 0.5) is 8.78 Å². The molecule has 1 aromatic carbocycles. The molecule has 17 heavy (non-hydrogen) atoms. The topological polar surface area (TPSA) is 59.3 Å². The summed E-state index contributed by atoms with van der Waals surface area (Å²) in [6, 6.07) is 3.99. The van der Waals surface area contributed by atoms with Crippen LogP contribution < -0.4 is 4.74 Å². The number of carbonyl (C=O) groups excluding carboxylic acids is 1. The molecule has 0 aromatic heterocycles. The van der Waals surface area contributed by atoms with E-state index in [1.807, 2.05) is 0 Å². The lowest BCUT2D eigenvalue weighted by Gasteiger charge is -2.10. The number of nitriles is 1. The number of nitrogens with zero attached hydrogens (tertiary/aromatic N) is 1. The van der Waals surface area contributed by atoms with Crippen LogP contribution in [0.1, 0.15) is 15.9 Å². The van der Waals surface area contributed by atoms with Crippen LogP contribution in [0.2, 0.25) is 0 Å². The number of carbonyl (C=O) groups is 1. The summed E-state index contributed by atoms with van der Waals surface area (Å²) in [6.45, 7) is -3.03. The number of hydrogen-bond acceptors (Lipinski definition) is 5. The largest absolute Gasteiger partial charge is 0.465 e. The Morgan fingerprint density at radius 1 is 1.53 bits per heavy atom. The van der Waals surface area contributed by atoms with E-state index in [9.17, 15) is 13.6 Å². The van der Waals surface area contributed by atoms with E-state index < -0.39 is 12.6 Å². The zero-order valence-corrected chi connectivity index (χ0v) is 9.50. The summed E-state index contributed by atoms with van der Waals surface area (Å²) < 4.78 is 32.6. The minimum Gasteiger partial charge on any atom is -0.465 e. The number of methoxy groups -OCH3 is 1. The zero-order chi connectivity index (χ0) is 13.0. The van der Waals surface area contributed by atoms with Crippen molar-refractivity contribution in [3.63, 3.8) is 0 Å². The number of ether oxygens (including phenoxy) is 2. The van der Waals surface area contributed by atoms with E-state index in [-0.39, 0.29) is 21.8 Å². The van der Waals surface area contributed by atoms with E-state index in [0.717, 1.165) is 13.2 Å². The number of thiol groups is 1. The summed E-state index contributed by atoms with van der Waals surface area (Å²) in [5.41, 5.74) is -0.222. The lowest BCUT2D eigenvalue weighted by molar-refractivity contribution is -0.0516. The molecular formula is C10H7F2NO3S. The average Bonchev–Trinajstić information content (AvgIpc) is 2.30. The molecule has 0 heterocycles. The zero-order valence-electron chi connectivity index (χ0n) is 8.61. The quantitative estimate of drug-likeness (QED) is 0.668. The second-order valence-corrected chi connectivity index (χ2v) is 3.26.